The molecule has 0 saturated carbocycles. The van der Waals surface area contributed by atoms with Crippen molar-refractivity contribution >= 4 is 0 Å². The highest BCUT2D eigenvalue weighted by Gasteiger charge is 2.02. The van der Waals surface area contributed by atoms with Gasteiger partial charge in [0, 0.05) is 0 Å². The highest BCUT2D eigenvalue weighted by Crippen LogP contribution is 2.21. The molecule has 2 aromatic rings. The van der Waals surface area contributed by atoms with Gasteiger partial charge in [-0.2, -0.15) is 0 Å². The van der Waals surface area contributed by atoms with Gasteiger partial charge in [0.15, 0.2) is 6.79 Å². The molecule has 1 unspecified atom stereocenters. The van der Waals surface area contributed by atoms with E-state index in [1.54, 1.807) is 0 Å². The first-order valence-electron chi connectivity index (χ1n) is 7.14. The molecule has 0 heterocycles. The predicted octanol–water partition coefficient (Wildman–Crippen LogP) is 4.75. The summed E-state index contributed by atoms with van der Waals surface area (Å²) >= 11 is 0. The highest BCUT2D eigenvalue weighted by atomic mass is 16.7. The zero-order chi connectivity index (χ0) is 14.2. The molecule has 0 aliphatic carbocycles. The topological polar surface area (TPSA) is 18.5 Å². The third-order valence-corrected chi connectivity index (χ3v) is 3.48. The fraction of sp³-hybridized carbons (Fsp3) is 0.333. The van der Waals surface area contributed by atoms with Gasteiger partial charge in [-0.25, -0.2) is 0 Å². The summed E-state index contributed by atoms with van der Waals surface area (Å²) in [5, 5.41) is 0. The number of ether oxygens (including phenoxy) is 2. The quantitative estimate of drug-likeness (QED) is 0.534. The lowest BCUT2D eigenvalue weighted by molar-refractivity contribution is 0.00504. The van der Waals surface area contributed by atoms with Gasteiger partial charge in [0.1, 0.15) is 5.75 Å². The van der Waals surface area contributed by atoms with Gasteiger partial charge < -0.3 is 9.47 Å². The molecule has 2 heteroatoms. The number of benzene rings is 2. The van der Waals surface area contributed by atoms with Crippen LogP contribution in [0.25, 0.3) is 0 Å². The normalized spacial score (nSPS) is 12.1. The lowest BCUT2D eigenvalue weighted by Gasteiger charge is -2.11. The summed E-state index contributed by atoms with van der Waals surface area (Å²) in [5.74, 6) is 1.45. The van der Waals surface area contributed by atoms with E-state index in [1.165, 1.54) is 5.56 Å². The minimum absolute atomic E-state index is 0.275. The second kappa shape index (κ2) is 7.71. The lowest BCUT2D eigenvalue weighted by Crippen LogP contribution is -2.03. The molecule has 2 nitrogen and oxygen atoms in total. The third-order valence-electron chi connectivity index (χ3n) is 3.48. The maximum absolute atomic E-state index is 5.57. The van der Waals surface area contributed by atoms with Crippen LogP contribution in [-0.4, -0.2) is 6.79 Å². The zero-order valence-electron chi connectivity index (χ0n) is 12.2. The van der Waals surface area contributed by atoms with Gasteiger partial charge >= 0.3 is 0 Å². The fourth-order valence-electron chi connectivity index (χ4n) is 1.97. The van der Waals surface area contributed by atoms with Crippen molar-refractivity contribution in [3.8, 4) is 5.75 Å². The van der Waals surface area contributed by atoms with Crippen LogP contribution in [0.15, 0.2) is 54.6 Å². The molecule has 0 fully saturated rings. The van der Waals surface area contributed by atoms with E-state index >= 15 is 0 Å². The molecule has 0 saturated heterocycles. The smallest absolute Gasteiger partial charge is 0.189 e. The second-order valence-electron chi connectivity index (χ2n) is 4.97. The van der Waals surface area contributed by atoms with Crippen LogP contribution in [0.1, 0.15) is 37.3 Å². The monoisotopic (exact) mass is 270 g/mol. The zero-order valence-corrected chi connectivity index (χ0v) is 12.2. The lowest BCUT2D eigenvalue weighted by atomic mass is 9.99. The molecule has 0 bridgehead atoms. The Labute approximate surface area is 121 Å². The van der Waals surface area contributed by atoms with E-state index in [2.05, 4.69) is 26.0 Å². The Kier molecular flexibility index (Phi) is 5.63. The van der Waals surface area contributed by atoms with Crippen molar-refractivity contribution in [1.82, 2.24) is 0 Å². The van der Waals surface area contributed by atoms with Crippen molar-refractivity contribution in [3.63, 3.8) is 0 Å². The summed E-state index contributed by atoms with van der Waals surface area (Å²) in [7, 11) is 0. The maximum Gasteiger partial charge on any atom is 0.189 e. The first-order chi connectivity index (χ1) is 9.79. The summed E-state index contributed by atoms with van der Waals surface area (Å²) < 4.78 is 11.1. The van der Waals surface area contributed by atoms with Crippen molar-refractivity contribution in [3.05, 3.63) is 65.7 Å². The summed E-state index contributed by atoms with van der Waals surface area (Å²) in [6, 6.07) is 18.4. The summed E-state index contributed by atoms with van der Waals surface area (Å²) in [4.78, 5) is 0. The van der Waals surface area contributed by atoms with Gasteiger partial charge in [-0.15, -0.1) is 0 Å². The number of hydrogen-bond donors (Lipinski definition) is 0. The Morgan fingerprint density at radius 2 is 1.65 bits per heavy atom. The molecule has 0 N–H and O–H groups in total. The van der Waals surface area contributed by atoms with E-state index < -0.39 is 0 Å². The maximum atomic E-state index is 5.57. The molecular formula is C18H22O2. The molecule has 0 aliphatic rings. The molecule has 20 heavy (non-hydrogen) atoms. The van der Waals surface area contributed by atoms with E-state index in [0.29, 0.717) is 12.5 Å². The van der Waals surface area contributed by atoms with Crippen LogP contribution in [0.2, 0.25) is 0 Å². The predicted molar refractivity (Wildman–Crippen MR) is 81.9 cm³/mol. The van der Waals surface area contributed by atoms with Crippen molar-refractivity contribution < 1.29 is 9.47 Å². The molecule has 0 radical (unpaired) electrons. The van der Waals surface area contributed by atoms with E-state index in [0.717, 1.165) is 17.7 Å². The largest absolute Gasteiger partial charge is 0.468 e. The average Bonchev–Trinajstić information content (AvgIpc) is 2.52. The average molecular weight is 270 g/mol. The van der Waals surface area contributed by atoms with E-state index in [4.69, 9.17) is 9.47 Å². The number of hydrogen-bond acceptors (Lipinski definition) is 2. The van der Waals surface area contributed by atoms with Gasteiger partial charge in [-0.1, -0.05) is 56.3 Å². The summed E-state index contributed by atoms with van der Waals surface area (Å²) in [6.07, 6.45) is 1.15. The molecule has 0 spiro atoms. The Hall–Kier alpha value is -1.80. The van der Waals surface area contributed by atoms with Gasteiger partial charge in [0.05, 0.1) is 6.61 Å². The summed E-state index contributed by atoms with van der Waals surface area (Å²) in [6.45, 7) is 5.29. The Bertz CT molecular complexity index is 491. The van der Waals surface area contributed by atoms with E-state index in [-0.39, 0.29) is 6.79 Å². The molecule has 1 atom stereocenters. The molecule has 2 aromatic carbocycles. The van der Waals surface area contributed by atoms with E-state index in [1.807, 2.05) is 42.5 Å². The van der Waals surface area contributed by atoms with Crippen LogP contribution >= 0.6 is 0 Å². The van der Waals surface area contributed by atoms with Crippen molar-refractivity contribution in [2.75, 3.05) is 6.79 Å². The third kappa shape index (κ3) is 4.39. The van der Waals surface area contributed by atoms with Crippen LogP contribution in [0.4, 0.5) is 0 Å². The molecule has 0 amide bonds. The van der Waals surface area contributed by atoms with Gasteiger partial charge in [-0.3, -0.25) is 0 Å². The van der Waals surface area contributed by atoms with Crippen molar-refractivity contribution in [1.29, 1.82) is 0 Å². The Morgan fingerprint density at radius 3 is 2.30 bits per heavy atom. The molecule has 0 aliphatic heterocycles. The molecular weight excluding hydrogens is 248 g/mol. The molecule has 2 rings (SSSR count). The molecule has 106 valence electrons. The van der Waals surface area contributed by atoms with E-state index in [9.17, 15) is 0 Å². The minimum Gasteiger partial charge on any atom is -0.468 e. The van der Waals surface area contributed by atoms with Gasteiger partial charge in [0.25, 0.3) is 0 Å². The van der Waals surface area contributed by atoms with Gasteiger partial charge in [0.2, 0.25) is 0 Å². The fourth-order valence-corrected chi connectivity index (χ4v) is 1.97. The Morgan fingerprint density at radius 1 is 0.950 bits per heavy atom. The van der Waals surface area contributed by atoms with Crippen LogP contribution in [-0.2, 0) is 11.3 Å². The van der Waals surface area contributed by atoms with Gasteiger partial charge in [-0.05, 0) is 35.6 Å². The first kappa shape index (κ1) is 14.6. The second-order valence-corrected chi connectivity index (χ2v) is 4.97. The van der Waals surface area contributed by atoms with Crippen LogP contribution in [0.3, 0.4) is 0 Å². The minimum atomic E-state index is 0.275. The van der Waals surface area contributed by atoms with Crippen LogP contribution in [0, 0.1) is 0 Å². The first-order valence-corrected chi connectivity index (χ1v) is 7.14. The van der Waals surface area contributed by atoms with Crippen molar-refractivity contribution in [2.45, 2.75) is 32.8 Å². The highest BCUT2D eigenvalue weighted by molar-refractivity contribution is 5.29. The SMILES string of the molecule is CCC(C)c1ccc(OCOCc2ccccc2)cc1. The van der Waals surface area contributed by atoms with Crippen LogP contribution < -0.4 is 4.74 Å². The summed E-state index contributed by atoms with van der Waals surface area (Å²) in [5.41, 5.74) is 2.51. The van der Waals surface area contributed by atoms with Crippen LogP contribution in [0.5, 0.6) is 5.75 Å². The van der Waals surface area contributed by atoms with Crippen molar-refractivity contribution in [2.24, 2.45) is 0 Å². The number of rotatable bonds is 7. The Balaban J connectivity index is 1.74. The molecule has 0 aromatic heterocycles. The standard InChI is InChI=1S/C18H22O2/c1-3-15(2)17-9-11-18(12-10-17)20-14-19-13-16-7-5-4-6-8-16/h4-12,15H,3,13-14H2,1-2H3.